The summed E-state index contributed by atoms with van der Waals surface area (Å²) in [4.78, 5) is 12.6. The summed E-state index contributed by atoms with van der Waals surface area (Å²) in [6, 6.07) is 8.24. The lowest BCUT2D eigenvalue weighted by molar-refractivity contribution is 0.0923. The maximum Gasteiger partial charge on any atom is 0.251 e. The van der Waals surface area contributed by atoms with E-state index in [0.717, 1.165) is 35.7 Å². The number of nitrogens with one attached hydrogen (secondary N) is 1. The van der Waals surface area contributed by atoms with Gasteiger partial charge in [0, 0.05) is 17.3 Å². The average Bonchev–Trinajstić information content (AvgIpc) is 3.33. The van der Waals surface area contributed by atoms with E-state index in [-0.39, 0.29) is 5.91 Å². The fraction of sp³-hybridized carbons (Fsp3) is 0.545. The molecule has 4 nitrogen and oxygen atoms in total. The van der Waals surface area contributed by atoms with Gasteiger partial charge in [-0.15, -0.1) is 0 Å². The van der Waals surface area contributed by atoms with Crippen molar-refractivity contribution in [1.29, 1.82) is 0 Å². The van der Waals surface area contributed by atoms with Crippen LogP contribution in [0.25, 0.3) is 5.69 Å². The predicted octanol–water partition coefficient (Wildman–Crippen LogP) is 4.36. The van der Waals surface area contributed by atoms with Gasteiger partial charge in [0.05, 0.1) is 11.4 Å². The number of rotatable bonds is 5. The molecule has 0 spiro atoms. The van der Waals surface area contributed by atoms with Crippen LogP contribution in [0.2, 0.25) is 0 Å². The fourth-order valence-corrected chi connectivity index (χ4v) is 4.97. The van der Waals surface area contributed by atoms with Crippen LogP contribution in [0.1, 0.15) is 66.3 Å². The Bertz CT molecular complexity index is 806. The first kappa shape index (κ1) is 17.3. The maximum atomic E-state index is 12.6. The Hall–Kier alpha value is -2.10. The van der Waals surface area contributed by atoms with Crippen molar-refractivity contribution in [3.63, 3.8) is 0 Å². The van der Waals surface area contributed by atoms with Crippen LogP contribution < -0.4 is 5.32 Å². The highest BCUT2D eigenvalue weighted by Crippen LogP contribution is 2.44. The van der Waals surface area contributed by atoms with E-state index < -0.39 is 0 Å². The van der Waals surface area contributed by atoms with E-state index in [0.29, 0.717) is 12.0 Å². The van der Waals surface area contributed by atoms with Crippen LogP contribution in [0, 0.1) is 25.7 Å². The van der Waals surface area contributed by atoms with Crippen molar-refractivity contribution in [2.24, 2.45) is 11.8 Å². The first-order valence-electron chi connectivity index (χ1n) is 10.0. The zero-order valence-corrected chi connectivity index (χ0v) is 16.1. The molecule has 0 unspecified atom stereocenters. The number of aromatic nitrogens is 2. The summed E-state index contributed by atoms with van der Waals surface area (Å²) in [5, 5.41) is 7.96. The smallest absolute Gasteiger partial charge is 0.251 e. The van der Waals surface area contributed by atoms with Crippen LogP contribution in [0.5, 0.6) is 0 Å². The normalized spacial score (nSPS) is 24.2. The Morgan fingerprint density at radius 3 is 2.58 bits per heavy atom. The predicted molar refractivity (Wildman–Crippen MR) is 104 cm³/mol. The molecule has 2 aromatic rings. The third-order valence-electron chi connectivity index (χ3n) is 6.37. The maximum absolute atomic E-state index is 12.6. The van der Waals surface area contributed by atoms with Crippen LogP contribution in [0.4, 0.5) is 0 Å². The molecule has 1 aromatic heterocycles. The van der Waals surface area contributed by atoms with Crippen molar-refractivity contribution >= 4 is 5.91 Å². The van der Waals surface area contributed by atoms with Gasteiger partial charge in [-0.25, -0.2) is 4.68 Å². The summed E-state index contributed by atoms with van der Waals surface area (Å²) in [7, 11) is 0. The van der Waals surface area contributed by atoms with Crippen LogP contribution >= 0.6 is 0 Å². The van der Waals surface area contributed by atoms with Gasteiger partial charge in [0.1, 0.15) is 0 Å². The number of carbonyl (C=O) groups excluding carboxylic acids is 1. The van der Waals surface area contributed by atoms with E-state index in [1.54, 1.807) is 0 Å². The molecule has 138 valence electrons. The second-order valence-electron chi connectivity index (χ2n) is 8.11. The number of carbonyl (C=O) groups is 1. The number of aryl methyl sites for hydroxylation is 1. The minimum absolute atomic E-state index is 0.0640. The summed E-state index contributed by atoms with van der Waals surface area (Å²) in [5.74, 6) is 1.61. The van der Waals surface area contributed by atoms with Gasteiger partial charge < -0.3 is 5.32 Å². The minimum Gasteiger partial charge on any atom is -0.349 e. The monoisotopic (exact) mass is 351 g/mol. The summed E-state index contributed by atoms with van der Waals surface area (Å²) in [6.45, 7) is 6.39. The number of benzene rings is 1. The van der Waals surface area contributed by atoms with E-state index in [1.165, 1.54) is 36.9 Å². The van der Waals surface area contributed by atoms with Crippen LogP contribution in [0.15, 0.2) is 24.3 Å². The van der Waals surface area contributed by atoms with Crippen LogP contribution in [-0.2, 0) is 6.42 Å². The molecule has 0 saturated heterocycles. The number of amides is 1. The molecule has 2 fully saturated rings. The zero-order chi connectivity index (χ0) is 18.3. The molecule has 4 rings (SSSR count). The lowest BCUT2D eigenvalue weighted by Gasteiger charge is -2.22. The van der Waals surface area contributed by atoms with Gasteiger partial charge in [0.25, 0.3) is 5.91 Å². The van der Waals surface area contributed by atoms with E-state index in [1.807, 2.05) is 28.9 Å². The topological polar surface area (TPSA) is 46.9 Å². The third-order valence-corrected chi connectivity index (χ3v) is 6.37. The molecule has 0 radical (unpaired) electrons. The van der Waals surface area contributed by atoms with Crippen molar-refractivity contribution in [3.05, 3.63) is 46.8 Å². The number of nitrogens with zero attached hydrogens (tertiary/aromatic N) is 2. The summed E-state index contributed by atoms with van der Waals surface area (Å²) in [6.07, 6.45) is 7.29. The van der Waals surface area contributed by atoms with Crippen molar-refractivity contribution in [3.8, 4) is 5.69 Å². The molecular formula is C22H29N3O. The van der Waals surface area contributed by atoms with Gasteiger partial charge in [-0.3, -0.25) is 4.79 Å². The molecule has 2 aliphatic carbocycles. The third kappa shape index (κ3) is 3.06. The van der Waals surface area contributed by atoms with Crippen molar-refractivity contribution < 1.29 is 4.79 Å². The highest BCUT2D eigenvalue weighted by atomic mass is 16.1. The fourth-order valence-electron chi connectivity index (χ4n) is 4.97. The van der Waals surface area contributed by atoms with Crippen LogP contribution in [-0.4, -0.2) is 21.7 Å². The zero-order valence-electron chi connectivity index (χ0n) is 16.1. The summed E-state index contributed by atoms with van der Waals surface area (Å²) < 4.78 is 2.00. The standard InChI is InChI=1S/C22H29N3O/c1-4-5-20-14(2)24-25(15(20)3)19-10-8-17(9-11-19)22(26)23-21-13-16-6-7-18(21)12-16/h8-11,16,18,21H,4-7,12-13H2,1-3H3,(H,23,26)/t16-,18+,21+/m0/s1. The molecule has 0 aliphatic heterocycles. The van der Waals surface area contributed by atoms with Gasteiger partial charge in [0.15, 0.2) is 0 Å². The molecule has 1 heterocycles. The highest BCUT2D eigenvalue weighted by Gasteiger charge is 2.40. The first-order chi connectivity index (χ1) is 12.6. The second-order valence-corrected chi connectivity index (χ2v) is 8.11. The van der Waals surface area contributed by atoms with Gasteiger partial charge in [-0.2, -0.15) is 5.10 Å². The Morgan fingerprint density at radius 1 is 1.19 bits per heavy atom. The van der Waals surface area contributed by atoms with Crippen molar-refractivity contribution in [2.75, 3.05) is 0 Å². The second kappa shape index (κ2) is 6.90. The summed E-state index contributed by atoms with van der Waals surface area (Å²) in [5.41, 5.74) is 5.40. The molecular weight excluding hydrogens is 322 g/mol. The molecule has 3 atom stereocenters. The van der Waals surface area contributed by atoms with E-state index in [2.05, 4.69) is 26.1 Å². The Balaban J connectivity index is 1.48. The van der Waals surface area contributed by atoms with Gasteiger partial charge >= 0.3 is 0 Å². The van der Waals surface area contributed by atoms with Crippen molar-refractivity contribution in [2.45, 2.75) is 65.3 Å². The number of hydrogen-bond donors (Lipinski definition) is 1. The average molecular weight is 351 g/mol. The molecule has 4 heteroatoms. The lowest BCUT2D eigenvalue weighted by Crippen LogP contribution is -2.38. The lowest BCUT2D eigenvalue weighted by atomic mass is 9.95. The molecule has 2 aliphatic rings. The summed E-state index contributed by atoms with van der Waals surface area (Å²) >= 11 is 0. The highest BCUT2D eigenvalue weighted by molar-refractivity contribution is 5.94. The van der Waals surface area contributed by atoms with Gasteiger partial charge in [-0.1, -0.05) is 19.8 Å². The quantitative estimate of drug-likeness (QED) is 0.870. The molecule has 26 heavy (non-hydrogen) atoms. The Kier molecular flexibility index (Phi) is 4.60. The number of hydrogen-bond acceptors (Lipinski definition) is 2. The minimum atomic E-state index is 0.0640. The molecule has 2 saturated carbocycles. The molecule has 1 N–H and O–H groups in total. The van der Waals surface area contributed by atoms with E-state index >= 15 is 0 Å². The van der Waals surface area contributed by atoms with E-state index in [4.69, 9.17) is 5.10 Å². The largest absolute Gasteiger partial charge is 0.349 e. The van der Waals surface area contributed by atoms with E-state index in [9.17, 15) is 4.79 Å². The van der Waals surface area contributed by atoms with Gasteiger partial charge in [-0.05, 0) is 81.2 Å². The molecule has 2 bridgehead atoms. The molecule has 1 amide bonds. The van der Waals surface area contributed by atoms with Crippen LogP contribution in [0.3, 0.4) is 0 Å². The Morgan fingerprint density at radius 2 is 1.96 bits per heavy atom. The van der Waals surface area contributed by atoms with Crippen molar-refractivity contribution in [1.82, 2.24) is 15.1 Å². The Labute approximate surface area is 156 Å². The molecule has 1 aromatic carbocycles. The SMILES string of the molecule is CCCc1c(C)nn(-c2ccc(C(=O)N[C@@H]3C[C@H]4CC[C@@H]3C4)cc2)c1C. The van der Waals surface area contributed by atoms with Gasteiger partial charge in [0.2, 0.25) is 0 Å². The number of fused-ring (bicyclic) bond motifs is 2. The first-order valence-corrected chi connectivity index (χ1v) is 10.0.